The normalized spacial score (nSPS) is 11.8. The maximum absolute atomic E-state index is 6.21. The molecular formula is C25H18N2O. The zero-order chi connectivity index (χ0) is 18.7. The Morgan fingerprint density at radius 3 is 2.14 bits per heavy atom. The van der Waals surface area contributed by atoms with Crippen molar-refractivity contribution >= 4 is 43.6 Å². The minimum Gasteiger partial charge on any atom is -0.457 e. The molecular weight excluding hydrogens is 344 g/mol. The van der Waals surface area contributed by atoms with E-state index in [4.69, 9.17) is 4.74 Å². The Morgan fingerprint density at radius 2 is 1.25 bits per heavy atom. The summed E-state index contributed by atoms with van der Waals surface area (Å²) >= 11 is 0. The van der Waals surface area contributed by atoms with Gasteiger partial charge in [0.15, 0.2) is 0 Å². The Hall–Kier alpha value is -3.72. The van der Waals surface area contributed by atoms with Crippen molar-refractivity contribution in [2.24, 2.45) is 7.05 Å². The number of nitrogens with zero attached hydrogens (tertiary/aromatic N) is 1. The second kappa shape index (κ2) is 5.64. The fourth-order valence-electron chi connectivity index (χ4n) is 4.24. The summed E-state index contributed by atoms with van der Waals surface area (Å²) in [6.07, 6.45) is 0. The first-order valence-corrected chi connectivity index (χ1v) is 9.43. The van der Waals surface area contributed by atoms with Crippen LogP contribution in [0.4, 0.5) is 0 Å². The van der Waals surface area contributed by atoms with Gasteiger partial charge in [-0.3, -0.25) is 0 Å². The van der Waals surface area contributed by atoms with Gasteiger partial charge in [0.25, 0.3) is 0 Å². The van der Waals surface area contributed by atoms with E-state index in [-0.39, 0.29) is 0 Å². The molecule has 6 aromatic rings. The first-order valence-electron chi connectivity index (χ1n) is 9.43. The minimum atomic E-state index is 0.831. The number of rotatable bonds is 2. The standard InChI is InChI=1S/C25H18N2O/c1-27-24-9-5-3-7-20(24)21-13-11-17(15-25(21)27)28-16-10-12-19-18-6-2-4-8-22(18)26-23(19)14-16/h2-15,26H,1H3. The quantitative estimate of drug-likeness (QED) is 0.362. The van der Waals surface area contributed by atoms with E-state index in [9.17, 15) is 0 Å². The van der Waals surface area contributed by atoms with Crippen molar-refractivity contribution in [1.82, 2.24) is 9.55 Å². The molecule has 0 aliphatic heterocycles. The van der Waals surface area contributed by atoms with E-state index in [2.05, 4.69) is 83.3 Å². The lowest BCUT2D eigenvalue weighted by atomic mass is 10.1. The Balaban J connectivity index is 1.44. The van der Waals surface area contributed by atoms with Crippen LogP contribution in [0.2, 0.25) is 0 Å². The molecule has 4 aromatic carbocycles. The molecule has 1 N–H and O–H groups in total. The molecule has 0 bridgehead atoms. The average molecular weight is 362 g/mol. The highest BCUT2D eigenvalue weighted by Crippen LogP contribution is 2.34. The number of aromatic nitrogens is 2. The predicted molar refractivity (Wildman–Crippen MR) is 116 cm³/mol. The molecule has 2 heterocycles. The van der Waals surface area contributed by atoms with Crippen molar-refractivity contribution in [3.05, 3.63) is 84.9 Å². The molecule has 0 saturated carbocycles. The van der Waals surface area contributed by atoms with E-state index >= 15 is 0 Å². The molecule has 134 valence electrons. The van der Waals surface area contributed by atoms with E-state index < -0.39 is 0 Å². The SMILES string of the molecule is Cn1c2ccccc2c2ccc(Oc3ccc4c(c3)[nH]c3ccccc34)cc21. The smallest absolute Gasteiger partial charge is 0.129 e. The molecule has 0 fully saturated rings. The minimum absolute atomic E-state index is 0.831. The third-order valence-electron chi connectivity index (χ3n) is 5.60. The van der Waals surface area contributed by atoms with Crippen LogP contribution in [-0.2, 0) is 7.05 Å². The van der Waals surface area contributed by atoms with Gasteiger partial charge in [-0.2, -0.15) is 0 Å². The molecule has 0 amide bonds. The fraction of sp³-hybridized carbons (Fsp3) is 0.0400. The highest BCUT2D eigenvalue weighted by molar-refractivity contribution is 6.09. The van der Waals surface area contributed by atoms with Crippen molar-refractivity contribution in [2.45, 2.75) is 0 Å². The zero-order valence-corrected chi connectivity index (χ0v) is 15.4. The molecule has 28 heavy (non-hydrogen) atoms. The third kappa shape index (κ3) is 2.16. The lowest BCUT2D eigenvalue weighted by molar-refractivity contribution is 0.484. The summed E-state index contributed by atoms with van der Waals surface area (Å²) in [5.41, 5.74) is 4.63. The summed E-state index contributed by atoms with van der Waals surface area (Å²) in [6.45, 7) is 0. The maximum Gasteiger partial charge on any atom is 0.129 e. The van der Waals surface area contributed by atoms with E-state index in [1.165, 1.54) is 32.6 Å². The summed E-state index contributed by atoms with van der Waals surface area (Å²) in [5, 5.41) is 4.97. The summed E-state index contributed by atoms with van der Waals surface area (Å²) < 4.78 is 8.43. The van der Waals surface area contributed by atoms with Crippen LogP contribution < -0.4 is 4.74 Å². The van der Waals surface area contributed by atoms with Gasteiger partial charge in [0.05, 0.1) is 11.0 Å². The van der Waals surface area contributed by atoms with Crippen LogP contribution in [0.5, 0.6) is 11.5 Å². The Kier molecular flexibility index (Phi) is 3.09. The Labute approximate surface area is 161 Å². The topological polar surface area (TPSA) is 29.9 Å². The van der Waals surface area contributed by atoms with Gasteiger partial charge < -0.3 is 14.3 Å². The van der Waals surface area contributed by atoms with Crippen LogP contribution in [-0.4, -0.2) is 9.55 Å². The van der Waals surface area contributed by atoms with E-state index in [0.29, 0.717) is 0 Å². The molecule has 0 atom stereocenters. The maximum atomic E-state index is 6.21. The highest BCUT2D eigenvalue weighted by atomic mass is 16.5. The second-order valence-corrected chi connectivity index (χ2v) is 7.24. The van der Waals surface area contributed by atoms with Gasteiger partial charge in [-0.05, 0) is 36.4 Å². The Morgan fingerprint density at radius 1 is 0.607 bits per heavy atom. The second-order valence-electron chi connectivity index (χ2n) is 7.24. The number of H-pyrrole nitrogens is 1. The number of ether oxygens (including phenoxy) is 1. The summed E-state index contributed by atoms with van der Waals surface area (Å²) in [4.78, 5) is 3.48. The van der Waals surface area contributed by atoms with Crippen LogP contribution in [0, 0.1) is 0 Å². The van der Waals surface area contributed by atoms with Crippen LogP contribution >= 0.6 is 0 Å². The first-order chi connectivity index (χ1) is 13.8. The molecule has 6 rings (SSSR count). The largest absolute Gasteiger partial charge is 0.457 e. The summed E-state index contributed by atoms with van der Waals surface area (Å²) in [6, 6.07) is 29.4. The van der Waals surface area contributed by atoms with Crippen LogP contribution in [0.25, 0.3) is 43.6 Å². The molecule has 0 radical (unpaired) electrons. The lowest BCUT2D eigenvalue weighted by Crippen LogP contribution is -1.88. The number of hydrogen-bond donors (Lipinski definition) is 1. The van der Waals surface area contributed by atoms with Crippen LogP contribution in [0.1, 0.15) is 0 Å². The number of fused-ring (bicyclic) bond motifs is 6. The van der Waals surface area contributed by atoms with Gasteiger partial charge in [-0.25, -0.2) is 0 Å². The lowest BCUT2D eigenvalue weighted by Gasteiger charge is -2.07. The van der Waals surface area contributed by atoms with Gasteiger partial charge in [0, 0.05) is 51.8 Å². The summed E-state index contributed by atoms with van der Waals surface area (Å²) in [5.74, 6) is 1.67. The van der Waals surface area contributed by atoms with Gasteiger partial charge in [0.1, 0.15) is 11.5 Å². The monoisotopic (exact) mass is 362 g/mol. The molecule has 0 unspecified atom stereocenters. The van der Waals surface area contributed by atoms with Crippen LogP contribution in [0.15, 0.2) is 84.9 Å². The van der Waals surface area contributed by atoms with Crippen molar-refractivity contribution < 1.29 is 4.74 Å². The van der Waals surface area contributed by atoms with Crippen molar-refractivity contribution in [3.8, 4) is 11.5 Å². The molecule has 3 nitrogen and oxygen atoms in total. The van der Waals surface area contributed by atoms with Gasteiger partial charge in [-0.1, -0.05) is 36.4 Å². The molecule has 0 aliphatic carbocycles. The summed E-state index contributed by atoms with van der Waals surface area (Å²) in [7, 11) is 2.10. The van der Waals surface area contributed by atoms with Crippen molar-refractivity contribution in [2.75, 3.05) is 0 Å². The highest BCUT2D eigenvalue weighted by Gasteiger charge is 2.10. The number of nitrogens with one attached hydrogen (secondary N) is 1. The van der Waals surface area contributed by atoms with Crippen LogP contribution in [0.3, 0.4) is 0 Å². The zero-order valence-electron chi connectivity index (χ0n) is 15.4. The number of aryl methyl sites for hydroxylation is 1. The fourth-order valence-corrected chi connectivity index (χ4v) is 4.24. The molecule has 0 saturated heterocycles. The van der Waals surface area contributed by atoms with Crippen molar-refractivity contribution in [3.63, 3.8) is 0 Å². The van der Waals surface area contributed by atoms with E-state index in [1.54, 1.807) is 0 Å². The van der Waals surface area contributed by atoms with E-state index in [0.717, 1.165) is 22.5 Å². The molecule has 0 aliphatic rings. The van der Waals surface area contributed by atoms with E-state index in [1.807, 2.05) is 18.2 Å². The average Bonchev–Trinajstić information content (AvgIpc) is 3.23. The number of para-hydroxylation sites is 2. The van der Waals surface area contributed by atoms with Gasteiger partial charge in [-0.15, -0.1) is 0 Å². The number of benzene rings is 4. The first kappa shape index (κ1) is 15.3. The van der Waals surface area contributed by atoms with Gasteiger partial charge >= 0.3 is 0 Å². The third-order valence-corrected chi connectivity index (χ3v) is 5.60. The number of hydrogen-bond acceptors (Lipinski definition) is 1. The number of aromatic amines is 1. The molecule has 0 spiro atoms. The predicted octanol–water partition coefficient (Wildman–Crippen LogP) is 6.76. The van der Waals surface area contributed by atoms with Crippen molar-refractivity contribution in [1.29, 1.82) is 0 Å². The van der Waals surface area contributed by atoms with Gasteiger partial charge in [0.2, 0.25) is 0 Å². The molecule has 2 aromatic heterocycles. The molecule has 3 heteroatoms. The Bertz CT molecular complexity index is 1500.